The molecule has 0 saturated heterocycles. The molecular weight excluding hydrogens is 509 g/mol. The summed E-state index contributed by atoms with van der Waals surface area (Å²) >= 11 is 0.990. The largest absolute Gasteiger partial charge is 0.493 e. The van der Waals surface area contributed by atoms with E-state index in [1.165, 1.54) is 44.6 Å². The molecular formula is C27H22FN5O4S. The third-order valence-electron chi connectivity index (χ3n) is 5.44. The van der Waals surface area contributed by atoms with E-state index in [1.807, 2.05) is 6.07 Å². The number of thioether (sulfide) groups is 1. The van der Waals surface area contributed by atoms with E-state index in [1.54, 1.807) is 36.4 Å². The van der Waals surface area contributed by atoms with Gasteiger partial charge >= 0.3 is 0 Å². The number of halogens is 1. The molecule has 1 unspecified atom stereocenters. The highest BCUT2D eigenvalue weighted by Gasteiger charge is 2.38. The minimum atomic E-state index is -0.980. The average Bonchev–Trinajstić information content (AvgIpc) is 3.25. The van der Waals surface area contributed by atoms with Crippen molar-refractivity contribution in [2.24, 2.45) is 10.7 Å². The van der Waals surface area contributed by atoms with Gasteiger partial charge in [-0.2, -0.15) is 5.26 Å². The van der Waals surface area contributed by atoms with Crippen LogP contribution >= 0.6 is 11.8 Å². The van der Waals surface area contributed by atoms with Crippen LogP contribution in [0, 0.1) is 17.1 Å². The fraction of sp³-hybridized carbons (Fsp3) is 0.111. The number of nitrogens with zero attached hydrogens (tertiary/aromatic N) is 2. The normalized spacial score (nSPS) is 15.6. The molecule has 1 heterocycles. The molecule has 0 aromatic heterocycles. The minimum absolute atomic E-state index is 0.00257. The van der Waals surface area contributed by atoms with E-state index in [2.05, 4.69) is 15.6 Å². The Morgan fingerprint density at radius 2 is 1.71 bits per heavy atom. The molecule has 0 aliphatic carbocycles. The van der Waals surface area contributed by atoms with Crippen LogP contribution in [-0.4, -0.2) is 36.3 Å². The Morgan fingerprint density at radius 3 is 2.39 bits per heavy atom. The fourth-order valence-electron chi connectivity index (χ4n) is 3.61. The molecule has 0 spiro atoms. The third kappa shape index (κ3) is 5.77. The van der Waals surface area contributed by atoms with Crippen molar-refractivity contribution in [1.29, 1.82) is 5.26 Å². The maximum Gasteiger partial charge on any atom is 0.260 e. The maximum absolute atomic E-state index is 13.4. The number of rotatable bonds is 7. The summed E-state index contributed by atoms with van der Waals surface area (Å²) in [5.41, 5.74) is 7.93. The van der Waals surface area contributed by atoms with Crippen molar-refractivity contribution in [2.75, 3.05) is 24.9 Å². The van der Waals surface area contributed by atoms with Gasteiger partial charge < -0.3 is 25.8 Å². The monoisotopic (exact) mass is 531 g/mol. The Morgan fingerprint density at radius 1 is 1.00 bits per heavy atom. The standard InChI is InChI=1S/C27H22FN5O4S/c1-36-20-11-10-19(13-21(20)37-2)31-25(34)22-23(30)24(26(35)32-18-5-3-4-15(12-18)14-29)38-27(22)33-17-8-6-16(28)7-9-17/h3-13,24H,30H2,1-2H3,(H,31,34)(H,32,35). The molecule has 4 N–H and O–H groups in total. The summed E-state index contributed by atoms with van der Waals surface area (Å²) < 4.78 is 23.9. The van der Waals surface area contributed by atoms with Crippen molar-refractivity contribution >= 4 is 45.7 Å². The smallest absolute Gasteiger partial charge is 0.260 e. The first-order valence-electron chi connectivity index (χ1n) is 11.2. The lowest BCUT2D eigenvalue weighted by molar-refractivity contribution is -0.115. The third-order valence-corrected chi connectivity index (χ3v) is 6.66. The number of aliphatic imine (C=N–C) groups is 1. The van der Waals surface area contributed by atoms with Crippen molar-refractivity contribution < 1.29 is 23.5 Å². The summed E-state index contributed by atoms with van der Waals surface area (Å²) in [6.07, 6.45) is 0. The van der Waals surface area contributed by atoms with Crippen LogP contribution in [0.3, 0.4) is 0 Å². The van der Waals surface area contributed by atoms with Gasteiger partial charge in [-0.05, 0) is 54.6 Å². The van der Waals surface area contributed by atoms with Gasteiger partial charge in [0.2, 0.25) is 5.91 Å². The van der Waals surface area contributed by atoms with Gasteiger partial charge in [-0.15, -0.1) is 0 Å². The molecule has 2 amide bonds. The van der Waals surface area contributed by atoms with Gasteiger partial charge in [-0.1, -0.05) is 17.8 Å². The number of anilines is 2. The summed E-state index contributed by atoms with van der Waals surface area (Å²) in [5, 5.41) is 13.8. The lowest BCUT2D eigenvalue weighted by Gasteiger charge is -2.12. The number of benzene rings is 3. The van der Waals surface area contributed by atoms with E-state index >= 15 is 0 Å². The predicted octanol–water partition coefficient (Wildman–Crippen LogP) is 4.35. The van der Waals surface area contributed by atoms with Crippen molar-refractivity contribution in [3.05, 3.63) is 89.4 Å². The van der Waals surface area contributed by atoms with Gasteiger partial charge in [0.15, 0.2) is 11.5 Å². The molecule has 1 aliphatic heterocycles. The second kappa shape index (κ2) is 11.5. The first-order valence-corrected chi connectivity index (χ1v) is 12.1. The molecule has 38 heavy (non-hydrogen) atoms. The SMILES string of the molecule is COc1ccc(NC(=O)C2=C(N)C(C(=O)Nc3cccc(C#N)c3)SC2=Nc2ccc(F)cc2)cc1OC. The summed E-state index contributed by atoms with van der Waals surface area (Å²) in [7, 11) is 2.97. The molecule has 1 atom stereocenters. The Kier molecular flexibility index (Phi) is 7.94. The Bertz CT molecular complexity index is 1500. The van der Waals surface area contributed by atoms with E-state index in [0.29, 0.717) is 34.1 Å². The van der Waals surface area contributed by atoms with Crippen LogP contribution in [0.2, 0.25) is 0 Å². The van der Waals surface area contributed by atoms with Gasteiger partial charge in [-0.3, -0.25) is 9.59 Å². The highest BCUT2D eigenvalue weighted by molar-refractivity contribution is 8.16. The minimum Gasteiger partial charge on any atom is -0.493 e. The van der Waals surface area contributed by atoms with Crippen LogP contribution in [0.1, 0.15) is 5.56 Å². The van der Waals surface area contributed by atoms with Crippen LogP contribution in [0.25, 0.3) is 0 Å². The van der Waals surface area contributed by atoms with Crippen LogP contribution in [0.15, 0.2) is 83.0 Å². The van der Waals surface area contributed by atoms with Gasteiger partial charge in [0.25, 0.3) is 5.91 Å². The van der Waals surface area contributed by atoms with Crippen LogP contribution in [0.4, 0.5) is 21.5 Å². The summed E-state index contributed by atoms with van der Waals surface area (Å²) in [5.74, 6) is -0.638. The molecule has 11 heteroatoms. The molecule has 9 nitrogen and oxygen atoms in total. The van der Waals surface area contributed by atoms with E-state index < -0.39 is 22.9 Å². The Labute approximate surface area is 222 Å². The van der Waals surface area contributed by atoms with Crippen LogP contribution < -0.4 is 25.8 Å². The first-order chi connectivity index (χ1) is 18.3. The molecule has 1 aliphatic rings. The van der Waals surface area contributed by atoms with Gasteiger partial charge in [0.1, 0.15) is 16.1 Å². The molecule has 3 aromatic rings. The number of hydrogen-bond acceptors (Lipinski definition) is 8. The van der Waals surface area contributed by atoms with Crippen molar-refractivity contribution in [2.45, 2.75) is 5.25 Å². The molecule has 4 rings (SSSR count). The van der Waals surface area contributed by atoms with E-state index in [4.69, 9.17) is 20.5 Å². The lowest BCUT2D eigenvalue weighted by atomic mass is 10.1. The Balaban J connectivity index is 1.67. The van der Waals surface area contributed by atoms with Crippen molar-refractivity contribution in [3.63, 3.8) is 0 Å². The lowest BCUT2D eigenvalue weighted by Crippen LogP contribution is -2.29. The number of nitrogens with one attached hydrogen (secondary N) is 2. The van der Waals surface area contributed by atoms with E-state index in [-0.39, 0.29) is 16.3 Å². The van der Waals surface area contributed by atoms with Gasteiger partial charge in [0.05, 0.1) is 37.1 Å². The fourth-order valence-corrected chi connectivity index (χ4v) is 4.73. The highest BCUT2D eigenvalue weighted by atomic mass is 32.2. The van der Waals surface area contributed by atoms with Gasteiger partial charge in [-0.25, -0.2) is 9.38 Å². The Hall–Kier alpha value is -4.82. The molecule has 0 saturated carbocycles. The quantitative estimate of drug-likeness (QED) is 0.412. The summed E-state index contributed by atoms with van der Waals surface area (Å²) in [6, 6.07) is 18.6. The van der Waals surface area contributed by atoms with Crippen LogP contribution in [-0.2, 0) is 9.59 Å². The number of ether oxygens (including phenoxy) is 2. The molecule has 0 bridgehead atoms. The average molecular weight is 532 g/mol. The summed E-state index contributed by atoms with van der Waals surface area (Å²) in [4.78, 5) is 31.0. The number of nitriles is 1. The predicted molar refractivity (Wildman–Crippen MR) is 144 cm³/mol. The highest BCUT2D eigenvalue weighted by Crippen LogP contribution is 2.36. The van der Waals surface area contributed by atoms with Crippen molar-refractivity contribution in [1.82, 2.24) is 0 Å². The molecule has 3 aromatic carbocycles. The molecule has 0 radical (unpaired) electrons. The molecule has 0 fully saturated rings. The second-order valence-corrected chi connectivity index (χ2v) is 9.02. The zero-order valence-electron chi connectivity index (χ0n) is 20.3. The first kappa shape index (κ1) is 26.2. The number of carbonyl (C=O) groups is 2. The zero-order chi connectivity index (χ0) is 27.2. The number of carbonyl (C=O) groups excluding carboxylic acids is 2. The molecule has 192 valence electrons. The second-order valence-electron chi connectivity index (χ2n) is 7.93. The topological polar surface area (TPSA) is 139 Å². The summed E-state index contributed by atoms with van der Waals surface area (Å²) in [6.45, 7) is 0. The maximum atomic E-state index is 13.4. The number of amides is 2. The number of hydrogen-bond donors (Lipinski definition) is 3. The van der Waals surface area contributed by atoms with Gasteiger partial charge in [0, 0.05) is 23.1 Å². The number of methoxy groups -OCH3 is 2. The number of nitrogens with two attached hydrogens (primary N) is 1. The van der Waals surface area contributed by atoms with Crippen LogP contribution in [0.5, 0.6) is 11.5 Å². The van der Waals surface area contributed by atoms with E-state index in [9.17, 15) is 14.0 Å². The van der Waals surface area contributed by atoms with Crippen molar-refractivity contribution in [3.8, 4) is 17.6 Å². The van der Waals surface area contributed by atoms with E-state index in [0.717, 1.165) is 11.8 Å². The zero-order valence-corrected chi connectivity index (χ0v) is 21.1.